The third-order valence-corrected chi connectivity index (χ3v) is 3.58. The van der Waals surface area contributed by atoms with E-state index in [0.29, 0.717) is 12.3 Å². The number of hydrogen-bond acceptors (Lipinski definition) is 4. The van der Waals surface area contributed by atoms with Crippen LogP contribution >= 0.6 is 0 Å². The zero-order valence-electron chi connectivity index (χ0n) is 13.5. The number of rotatable bonds is 7. The van der Waals surface area contributed by atoms with Gasteiger partial charge in [-0.25, -0.2) is 4.98 Å². The second-order valence-electron chi connectivity index (χ2n) is 5.48. The van der Waals surface area contributed by atoms with Gasteiger partial charge >= 0.3 is 0 Å². The lowest BCUT2D eigenvalue weighted by Crippen LogP contribution is -2.23. The Hall–Kier alpha value is -2.79. The van der Waals surface area contributed by atoms with Crippen molar-refractivity contribution in [3.63, 3.8) is 0 Å². The van der Waals surface area contributed by atoms with Crippen molar-refractivity contribution in [2.75, 3.05) is 6.61 Å². The Morgan fingerprint density at radius 1 is 1.00 bits per heavy atom. The summed E-state index contributed by atoms with van der Waals surface area (Å²) in [6.07, 6.45) is 2.96. The Bertz CT molecular complexity index is 754. The minimum Gasteiger partial charge on any atom is -0.491 e. The van der Waals surface area contributed by atoms with Gasteiger partial charge in [0.05, 0.1) is 6.54 Å². The fourth-order valence-electron chi connectivity index (χ4n) is 2.30. The van der Waals surface area contributed by atoms with Crippen molar-refractivity contribution < 1.29 is 14.6 Å². The van der Waals surface area contributed by atoms with E-state index in [1.54, 1.807) is 6.20 Å². The molecule has 0 radical (unpaired) electrons. The van der Waals surface area contributed by atoms with Crippen molar-refractivity contribution in [1.29, 1.82) is 0 Å². The molecule has 0 spiro atoms. The summed E-state index contributed by atoms with van der Waals surface area (Å²) in [5.41, 5.74) is 0. The molecule has 5 nitrogen and oxygen atoms in total. The second kappa shape index (κ2) is 7.66. The molecular formula is C19H20N2O3. The molecule has 0 saturated heterocycles. The summed E-state index contributed by atoms with van der Waals surface area (Å²) >= 11 is 0. The molecule has 0 saturated carbocycles. The number of hydrogen-bond donors (Lipinski definition) is 1. The van der Waals surface area contributed by atoms with Crippen LogP contribution in [0.2, 0.25) is 0 Å². The van der Waals surface area contributed by atoms with Crippen molar-refractivity contribution >= 4 is 0 Å². The molecule has 0 aliphatic rings. The summed E-state index contributed by atoms with van der Waals surface area (Å²) in [5.74, 6) is 3.09. The maximum atomic E-state index is 10.1. The average Bonchev–Trinajstić information content (AvgIpc) is 3.00. The van der Waals surface area contributed by atoms with Crippen LogP contribution in [-0.2, 0) is 6.54 Å². The summed E-state index contributed by atoms with van der Waals surface area (Å²) in [5, 5.41) is 10.1. The largest absolute Gasteiger partial charge is 0.491 e. The molecule has 124 valence electrons. The highest BCUT2D eigenvalue weighted by Gasteiger charge is 2.08. The first-order valence-corrected chi connectivity index (χ1v) is 7.82. The van der Waals surface area contributed by atoms with Gasteiger partial charge in [-0.1, -0.05) is 18.2 Å². The smallest absolute Gasteiger partial charge is 0.127 e. The fraction of sp³-hybridized carbons (Fsp3) is 0.211. The molecule has 5 heteroatoms. The number of aryl methyl sites for hydroxylation is 1. The van der Waals surface area contributed by atoms with Crippen LogP contribution in [0.15, 0.2) is 67.0 Å². The van der Waals surface area contributed by atoms with Crippen molar-refractivity contribution in [1.82, 2.24) is 9.55 Å². The zero-order chi connectivity index (χ0) is 16.8. The first-order valence-electron chi connectivity index (χ1n) is 7.82. The van der Waals surface area contributed by atoms with E-state index >= 15 is 0 Å². The Morgan fingerprint density at radius 2 is 1.67 bits per heavy atom. The molecule has 0 aliphatic heterocycles. The highest BCUT2D eigenvalue weighted by Crippen LogP contribution is 2.23. The van der Waals surface area contributed by atoms with Gasteiger partial charge in [0.1, 0.15) is 35.8 Å². The average molecular weight is 324 g/mol. The lowest BCUT2D eigenvalue weighted by Gasteiger charge is -2.14. The molecule has 24 heavy (non-hydrogen) atoms. The Morgan fingerprint density at radius 3 is 2.33 bits per heavy atom. The minimum atomic E-state index is -0.599. The first kappa shape index (κ1) is 16.1. The van der Waals surface area contributed by atoms with E-state index in [4.69, 9.17) is 9.47 Å². The molecule has 0 aliphatic carbocycles. The predicted octanol–water partition coefficient (Wildman–Crippen LogP) is 3.42. The molecule has 1 unspecified atom stereocenters. The maximum Gasteiger partial charge on any atom is 0.127 e. The van der Waals surface area contributed by atoms with Crippen LogP contribution < -0.4 is 9.47 Å². The summed E-state index contributed by atoms with van der Waals surface area (Å²) in [4.78, 5) is 4.13. The number of aliphatic hydroxyl groups is 1. The van der Waals surface area contributed by atoms with Gasteiger partial charge in [-0.3, -0.25) is 0 Å². The quantitative estimate of drug-likeness (QED) is 0.723. The first-order chi connectivity index (χ1) is 11.7. The monoisotopic (exact) mass is 324 g/mol. The van der Waals surface area contributed by atoms with Gasteiger partial charge in [0.2, 0.25) is 0 Å². The summed E-state index contributed by atoms with van der Waals surface area (Å²) in [6, 6.07) is 16.9. The fourth-order valence-corrected chi connectivity index (χ4v) is 2.30. The van der Waals surface area contributed by atoms with Gasteiger partial charge in [0.15, 0.2) is 0 Å². The molecule has 0 amide bonds. The molecule has 3 aromatic rings. The van der Waals surface area contributed by atoms with E-state index in [-0.39, 0.29) is 6.61 Å². The van der Waals surface area contributed by atoms with Crippen LogP contribution in [0, 0.1) is 6.92 Å². The highest BCUT2D eigenvalue weighted by molar-refractivity contribution is 5.35. The standard InChI is InChI=1S/C19H20N2O3/c1-15-20-11-12-21(15)13-16(22)14-23-17-7-9-19(10-8-17)24-18-5-3-2-4-6-18/h2-12,16,22H,13-14H2,1H3. The van der Waals surface area contributed by atoms with Crippen LogP contribution in [-0.4, -0.2) is 27.4 Å². The number of imidazole rings is 1. The van der Waals surface area contributed by atoms with Crippen molar-refractivity contribution in [2.45, 2.75) is 19.6 Å². The van der Waals surface area contributed by atoms with Gasteiger partial charge in [-0.2, -0.15) is 0 Å². The number of ether oxygens (including phenoxy) is 2. The lowest BCUT2D eigenvalue weighted by molar-refractivity contribution is 0.0919. The molecule has 1 N–H and O–H groups in total. The summed E-state index contributed by atoms with van der Waals surface area (Å²) < 4.78 is 13.2. The Labute approximate surface area is 141 Å². The van der Waals surface area contributed by atoms with Gasteiger partial charge in [0.25, 0.3) is 0 Å². The maximum absolute atomic E-state index is 10.1. The summed E-state index contributed by atoms with van der Waals surface area (Å²) in [6.45, 7) is 2.58. The molecule has 2 aromatic carbocycles. The van der Waals surface area contributed by atoms with E-state index in [2.05, 4.69) is 4.98 Å². The Balaban J connectivity index is 1.50. The van der Waals surface area contributed by atoms with Crippen molar-refractivity contribution in [2.24, 2.45) is 0 Å². The minimum absolute atomic E-state index is 0.219. The highest BCUT2D eigenvalue weighted by atomic mass is 16.5. The van der Waals surface area contributed by atoms with Gasteiger partial charge in [0, 0.05) is 12.4 Å². The van der Waals surface area contributed by atoms with Crippen LogP contribution in [0.4, 0.5) is 0 Å². The van der Waals surface area contributed by atoms with Crippen LogP contribution in [0.1, 0.15) is 5.82 Å². The van der Waals surface area contributed by atoms with Crippen molar-refractivity contribution in [3.05, 3.63) is 72.8 Å². The normalized spacial score (nSPS) is 11.9. The number of benzene rings is 2. The molecule has 0 bridgehead atoms. The third kappa shape index (κ3) is 4.36. The van der Waals surface area contributed by atoms with Crippen LogP contribution in [0.25, 0.3) is 0 Å². The van der Waals surface area contributed by atoms with Crippen LogP contribution in [0.3, 0.4) is 0 Å². The van der Waals surface area contributed by atoms with Gasteiger partial charge < -0.3 is 19.1 Å². The third-order valence-electron chi connectivity index (χ3n) is 3.58. The van der Waals surface area contributed by atoms with E-state index in [0.717, 1.165) is 17.3 Å². The van der Waals surface area contributed by atoms with Gasteiger partial charge in [-0.05, 0) is 43.3 Å². The van der Waals surface area contributed by atoms with E-state index in [9.17, 15) is 5.11 Å². The van der Waals surface area contributed by atoms with Crippen LogP contribution in [0.5, 0.6) is 17.2 Å². The molecule has 1 aromatic heterocycles. The summed E-state index contributed by atoms with van der Waals surface area (Å²) in [7, 11) is 0. The SMILES string of the molecule is Cc1nccn1CC(O)COc1ccc(Oc2ccccc2)cc1. The Kier molecular flexibility index (Phi) is 5.13. The molecule has 1 heterocycles. The molecule has 0 fully saturated rings. The van der Waals surface area contributed by atoms with Gasteiger partial charge in [-0.15, -0.1) is 0 Å². The molecule has 3 rings (SSSR count). The number of aromatic nitrogens is 2. The topological polar surface area (TPSA) is 56.5 Å². The predicted molar refractivity (Wildman–Crippen MR) is 91.4 cm³/mol. The molecular weight excluding hydrogens is 304 g/mol. The number of para-hydroxylation sites is 1. The zero-order valence-corrected chi connectivity index (χ0v) is 13.5. The second-order valence-corrected chi connectivity index (χ2v) is 5.48. The number of nitrogens with zero attached hydrogens (tertiary/aromatic N) is 2. The lowest BCUT2D eigenvalue weighted by atomic mass is 10.3. The van der Waals surface area contributed by atoms with E-state index < -0.39 is 6.10 Å². The molecule has 1 atom stereocenters. The van der Waals surface area contributed by atoms with E-state index in [1.165, 1.54) is 0 Å². The number of aliphatic hydroxyl groups excluding tert-OH is 1. The van der Waals surface area contributed by atoms with Crippen molar-refractivity contribution in [3.8, 4) is 17.2 Å². The van der Waals surface area contributed by atoms with E-state index in [1.807, 2.05) is 72.3 Å².